The molecule has 9 heteroatoms. The fraction of sp³-hybridized carbons (Fsp3) is 0.182. The largest absolute Gasteiger partial charge is 0.870 e. The molecule has 1 rings (SSSR count). The maximum atomic E-state index is 11.8. The number of nitrogens with one attached hydrogen (secondary N) is 1. The molecule has 0 aromatic heterocycles. The highest BCUT2D eigenvalue weighted by molar-refractivity contribution is 5.87. The van der Waals surface area contributed by atoms with Gasteiger partial charge in [-0.05, 0) is 5.56 Å². The van der Waals surface area contributed by atoms with Gasteiger partial charge in [0.2, 0.25) is 0 Å². The van der Waals surface area contributed by atoms with Crippen molar-refractivity contribution >= 4 is 17.8 Å². The second-order valence-corrected chi connectivity index (χ2v) is 3.45. The predicted octanol–water partition coefficient (Wildman–Crippen LogP) is 0.0408. The molecule has 20 heavy (non-hydrogen) atoms. The van der Waals surface area contributed by atoms with Crippen LogP contribution in [0.5, 0.6) is 11.5 Å². The highest BCUT2D eigenvalue weighted by Gasteiger charge is 2.11. The van der Waals surface area contributed by atoms with Crippen molar-refractivity contribution in [3.05, 3.63) is 27.8 Å². The molecule has 1 aromatic rings. The van der Waals surface area contributed by atoms with E-state index in [-0.39, 0.29) is 23.4 Å². The average molecular weight is 277 g/mol. The van der Waals surface area contributed by atoms with Crippen molar-refractivity contribution in [2.45, 2.75) is 6.42 Å². The number of benzene rings is 1. The molecule has 0 fully saturated rings. The number of amides is 1. The molecule has 0 saturated heterocycles. The van der Waals surface area contributed by atoms with Crippen molar-refractivity contribution in [2.24, 2.45) is 5.10 Å². The van der Waals surface area contributed by atoms with Crippen LogP contribution >= 0.6 is 0 Å². The normalized spacial score (nSPS) is 10.0. The molecule has 9 nitrogen and oxygen atoms in total. The molecule has 0 heterocycles. The minimum absolute atomic E-state index is 0.117. The van der Waals surface area contributed by atoms with E-state index in [0.717, 1.165) is 18.3 Å². The first-order chi connectivity index (χ1) is 9.49. The van der Waals surface area contributed by atoms with Gasteiger partial charge in [-0.15, -0.1) is 0 Å². The van der Waals surface area contributed by atoms with Gasteiger partial charge in [-0.2, -0.15) is 10.4 Å². The van der Waals surface area contributed by atoms with Crippen LogP contribution in [0.1, 0.15) is 12.0 Å². The third-order valence-electron chi connectivity index (χ3n) is 2.13. The van der Waals surface area contributed by atoms with Gasteiger partial charge in [0.05, 0.1) is 30.4 Å². The zero-order chi connectivity index (χ0) is 15.1. The number of carbonyl (C=O) groups is 1. The highest BCUT2D eigenvalue weighted by atomic mass is 16.6. The van der Waals surface area contributed by atoms with Gasteiger partial charge in [0, 0.05) is 6.07 Å². The Labute approximate surface area is 113 Å². The van der Waals surface area contributed by atoms with Crippen LogP contribution in [-0.4, -0.2) is 24.2 Å². The van der Waals surface area contributed by atoms with Gasteiger partial charge < -0.3 is 9.84 Å². The van der Waals surface area contributed by atoms with Crippen molar-refractivity contribution in [1.29, 1.82) is 5.26 Å². The Kier molecular flexibility index (Phi) is 4.99. The van der Waals surface area contributed by atoms with Gasteiger partial charge in [-0.25, -0.2) is 5.43 Å². The van der Waals surface area contributed by atoms with Crippen LogP contribution in [0.2, 0.25) is 0 Å². The molecule has 0 saturated carbocycles. The Hall–Kier alpha value is -3.15. The Morgan fingerprint density at radius 1 is 1.65 bits per heavy atom. The first-order valence-electron chi connectivity index (χ1n) is 5.22. The molecule has 0 bridgehead atoms. The molecule has 0 aliphatic rings. The van der Waals surface area contributed by atoms with E-state index >= 15 is 0 Å². The molecule has 0 aliphatic heterocycles. The van der Waals surface area contributed by atoms with E-state index in [0.29, 0.717) is 0 Å². The summed E-state index contributed by atoms with van der Waals surface area (Å²) in [5, 5.41) is 34.2. The zero-order valence-electron chi connectivity index (χ0n) is 10.3. The zero-order valence-corrected chi connectivity index (χ0v) is 10.3. The van der Waals surface area contributed by atoms with Crippen LogP contribution in [0.3, 0.4) is 0 Å². The summed E-state index contributed by atoms with van der Waals surface area (Å²) in [6.07, 6.45) is 0.562. The average Bonchev–Trinajstić information content (AvgIpc) is 2.40. The molecular formula is C11H9N4O5-. The van der Waals surface area contributed by atoms with Crippen LogP contribution in [-0.2, 0) is 4.79 Å². The molecule has 1 aromatic carbocycles. The minimum Gasteiger partial charge on any atom is -0.870 e. The van der Waals surface area contributed by atoms with E-state index in [1.807, 2.05) is 5.43 Å². The molecule has 0 unspecified atom stereocenters. The summed E-state index contributed by atoms with van der Waals surface area (Å²) < 4.78 is 4.73. The number of nitro groups is 1. The summed E-state index contributed by atoms with van der Waals surface area (Å²) >= 11 is 0. The van der Waals surface area contributed by atoms with E-state index < -0.39 is 16.6 Å². The van der Waals surface area contributed by atoms with Crippen molar-refractivity contribution in [3.8, 4) is 17.6 Å². The lowest BCUT2D eigenvalue weighted by Gasteiger charge is -2.14. The lowest BCUT2D eigenvalue weighted by molar-refractivity contribution is -0.385. The lowest BCUT2D eigenvalue weighted by Crippen LogP contribution is -2.16. The molecule has 0 aliphatic carbocycles. The van der Waals surface area contributed by atoms with E-state index in [4.69, 9.17) is 10.00 Å². The lowest BCUT2D eigenvalue weighted by atomic mass is 10.2. The number of non-ortho nitro benzene ring substituents is 1. The van der Waals surface area contributed by atoms with E-state index in [1.54, 1.807) is 6.07 Å². The summed E-state index contributed by atoms with van der Waals surface area (Å²) in [5.41, 5.74) is 1.55. The summed E-state index contributed by atoms with van der Waals surface area (Å²) in [6.45, 7) is 0. The number of hydrogen-bond acceptors (Lipinski definition) is 7. The SMILES string of the molecule is COc1cc([N+](=O)[O-])cc(C=NNC(=O)CC#N)c1[O-]. The van der Waals surface area contributed by atoms with Crippen molar-refractivity contribution in [1.82, 2.24) is 5.43 Å². The van der Waals surface area contributed by atoms with Crippen LogP contribution in [0.25, 0.3) is 0 Å². The number of hydrogen-bond donors (Lipinski definition) is 1. The first kappa shape index (κ1) is 14.9. The van der Waals surface area contributed by atoms with E-state index in [9.17, 15) is 20.0 Å². The summed E-state index contributed by atoms with van der Waals surface area (Å²) in [6, 6.07) is 3.61. The highest BCUT2D eigenvalue weighted by Crippen LogP contribution is 2.31. The van der Waals surface area contributed by atoms with Crippen LogP contribution in [0.15, 0.2) is 17.2 Å². The number of nitrogens with zero attached hydrogens (tertiary/aromatic N) is 3. The maximum Gasteiger partial charge on any atom is 0.273 e. The molecular weight excluding hydrogens is 268 g/mol. The van der Waals surface area contributed by atoms with Gasteiger partial charge in [-0.1, -0.05) is 5.75 Å². The topological polar surface area (TPSA) is 141 Å². The standard InChI is InChI=1S/C11H10N4O5/c1-20-9-5-8(15(18)19)4-7(11(9)17)6-13-14-10(16)2-3-12/h4-6,17H,2H2,1H3,(H,14,16)/p-1. The quantitative estimate of drug-likeness (QED) is 0.457. The number of ether oxygens (including phenoxy) is 1. The number of hydrazone groups is 1. The number of methoxy groups -OCH3 is 1. The number of rotatable bonds is 5. The summed E-state index contributed by atoms with van der Waals surface area (Å²) in [7, 11) is 1.20. The number of carbonyl (C=O) groups excluding carboxylic acids is 1. The van der Waals surface area contributed by atoms with Crippen molar-refractivity contribution in [3.63, 3.8) is 0 Å². The smallest absolute Gasteiger partial charge is 0.273 e. The van der Waals surface area contributed by atoms with Gasteiger partial charge >= 0.3 is 0 Å². The minimum atomic E-state index is -0.687. The van der Waals surface area contributed by atoms with Gasteiger partial charge in [0.25, 0.3) is 11.6 Å². The van der Waals surface area contributed by atoms with Crippen molar-refractivity contribution in [2.75, 3.05) is 7.11 Å². The molecule has 0 atom stereocenters. The molecule has 1 N–H and O–H groups in total. The van der Waals surface area contributed by atoms with Crippen LogP contribution in [0.4, 0.5) is 5.69 Å². The predicted molar refractivity (Wildman–Crippen MR) is 65.1 cm³/mol. The Morgan fingerprint density at radius 2 is 2.35 bits per heavy atom. The van der Waals surface area contributed by atoms with E-state index in [2.05, 4.69) is 5.10 Å². The summed E-state index contributed by atoms with van der Waals surface area (Å²) in [5.74, 6) is -1.46. The van der Waals surface area contributed by atoms with Crippen molar-refractivity contribution < 1.29 is 19.6 Å². The number of nitriles is 1. The van der Waals surface area contributed by atoms with Gasteiger partial charge in [0.15, 0.2) is 0 Å². The van der Waals surface area contributed by atoms with Gasteiger partial charge in [0.1, 0.15) is 12.2 Å². The monoisotopic (exact) mass is 277 g/mol. The third kappa shape index (κ3) is 3.67. The fourth-order valence-corrected chi connectivity index (χ4v) is 1.25. The second-order valence-electron chi connectivity index (χ2n) is 3.45. The molecule has 0 spiro atoms. The Balaban J connectivity index is 3.02. The van der Waals surface area contributed by atoms with Gasteiger partial charge in [-0.3, -0.25) is 14.9 Å². The van der Waals surface area contributed by atoms with Crippen LogP contribution < -0.4 is 15.3 Å². The van der Waals surface area contributed by atoms with Crippen LogP contribution in [0, 0.1) is 21.4 Å². The Morgan fingerprint density at radius 3 is 2.90 bits per heavy atom. The maximum absolute atomic E-state index is 11.8. The number of nitro benzene ring substituents is 1. The Bertz CT molecular complexity index is 606. The fourth-order valence-electron chi connectivity index (χ4n) is 1.25. The van der Waals surface area contributed by atoms with E-state index in [1.165, 1.54) is 7.11 Å². The summed E-state index contributed by atoms with van der Waals surface area (Å²) in [4.78, 5) is 21.0. The third-order valence-corrected chi connectivity index (χ3v) is 2.13. The molecule has 1 amide bonds. The molecule has 0 radical (unpaired) electrons. The molecule has 104 valence electrons. The first-order valence-corrected chi connectivity index (χ1v) is 5.22. The second kappa shape index (κ2) is 6.69.